The highest BCUT2D eigenvalue weighted by atomic mass is 79.9. The van der Waals surface area contributed by atoms with E-state index in [2.05, 4.69) is 48.0 Å². The van der Waals surface area contributed by atoms with Gasteiger partial charge in [0.1, 0.15) is 0 Å². The molecule has 0 aliphatic carbocycles. The Kier molecular flexibility index (Phi) is 3.91. The van der Waals surface area contributed by atoms with E-state index in [0.717, 1.165) is 24.1 Å². The highest BCUT2D eigenvalue weighted by molar-refractivity contribution is 9.10. The number of halogens is 1. The summed E-state index contributed by atoms with van der Waals surface area (Å²) in [4.78, 5) is 0. The maximum absolute atomic E-state index is 9.58. The van der Waals surface area contributed by atoms with E-state index in [0.29, 0.717) is 0 Å². The van der Waals surface area contributed by atoms with Crippen LogP contribution in [0.1, 0.15) is 24.5 Å². The second-order valence-electron chi connectivity index (χ2n) is 4.90. The zero-order valence-electron chi connectivity index (χ0n) is 10.4. The van der Waals surface area contributed by atoms with E-state index in [1.165, 1.54) is 11.1 Å². The van der Waals surface area contributed by atoms with Crippen molar-refractivity contribution in [3.05, 3.63) is 33.8 Å². The first-order valence-corrected chi connectivity index (χ1v) is 6.88. The second-order valence-corrected chi connectivity index (χ2v) is 5.81. The molecule has 1 aromatic carbocycles. The quantitative estimate of drug-likeness (QED) is 0.926. The molecule has 1 heterocycles. The zero-order chi connectivity index (χ0) is 12.5. The van der Waals surface area contributed by atoms with Crippen molar-refractivity contribution >= 4 is 15.9 Å². The summed E-state index contributed by atoms with van der Waals surface area (Å²) in [6, 6.07) is 6.37. The molecule has 1 fully saturated rings. The van der Waals surface area contributed by atoms with Gasteiger partial charge in [-0.1, -0.05) is 35.3 Å². The molecule has 1 N–H and O–H groups in total. The number of ether oxygens (including phenoxy) is 1. The third kappa shape index (κ3) is 2.16. The Morgan fingerprint density at radius 1 is 1.47 bits per heavy atom. The van der Waals surface area contributed by atoms with Crippen molar-refractivity contribution in [1.82, 2.24) is 0 Å². The van der Waals surface area contributed by atoms with Crippen molar-refractivity contribution in [2.24, 2.45) is 5.92 Å². The number of aliphatic hydroxyl groups is 1. The smallest absolute Gasteiger partial charge is 0.0589 e. The molecule has 1 atom stereocenters. The normalized spacial score (nSPS) is 19.8. The number of aliphatic hydroxyl groups excluding tert-OH is 1. The van der Waals surface area contributed by atoms with Crippen LogP contribution in [0.15, 0.2) is 22.7 Å². The molecule has 1 unspecified atom stereocenters. The monoisotopic (exact) mass is 298 g/mol. The van der Waals surface area contributed by atoms with E-state index in [1.54, 1.807) is 0 Å². The van der Waals surface area contributed by atoms with Crippen LogP contribution in [0, 0.1) is 12.8 Å². The molecular weight excluding hydrogens is 280 g/mol. The predicted molar refractivity (Wildman–Crippen MR) is 72.2 cm³/mol. The summed E-state index contributed by atoms with van der Waals surface area (Å²) in [5.74, 6) is 0.282. The van der Waals surface area contributed by atoms with Crippen molar-refractivity contribution in [2.75, 3.05) is 19.8 Å². The average molecular weight is 299 g/mol. The van der Waals surface area contributed by atoms with Crippen molar-refractivity contribution < 1.29 is 9.84 Å². The van der Waals surface area contributed by atoms with Crippen LogP contribution in [0.4, 0.5) is 0 Å². The highest BCUT2D eigenvalue weighted by Gasteiger charge is 2.46. The summed E-state index contributed by atoms with van der Waals surface area (Å²) < 4.78 is 6.54. The number of rotatable bonds is 4. The van der Waals surface area contributed by atoms with E-state index in [9.17, 15) is 5.11 Å². The van der Waals surface area contributed by atoms with Crippen LogP contribution in [-0.2, 0) is 10.2 Å². The Balaban J connectivity index is 2.43. The first kappa shape index (κ1) is 13.1. The van der Waals surface area contributed by atoms with Crippen molar-refractivity contribution in [1.29, 1.82) is 0 Å². The molecule has 0 bridgehead atoms. The lowest BCUT2D eigenvalue weighted by Gasteiger charge is -2.47. The molecular formula is C14H19BrO2. The van der Waals surface area contributed by atoms with Gasteiger partial charge in [-0.2, -0.15) is 0 Å². The molecule has 94 valence electrons. The van der Waals surface area contributed by atoms with Crippen molar-refractivity contribution in [3.8, 4) is 0 Å². The van der Waals surface area contributed by atoms with Gasteiger partial charge in [0.05, 0.1) is 13.2 Å². The minimum Gasteiger partial charge on any atom is -0.396 e. The van der Waals surface area contributed by atoms with Gasteiger partial charge in [0.2, 0.25) is 0 Å². The number of aryl methyl sites for hydroxylation is 1. The first-order chi connectivity index (χ1) is 8.14. The van der Waals surface area contributed by atoms with Crippen molar-refractivity contribution in [3.63, 3.8) is 0 Å². The van der Waals surface area contributed by atoms with Crippen LogP contribution >= 0.6 is 15.9 Å². The van der Waals surface area contributed by atoms with Crippen LogP contribution < -0.4 is 0 Å². The first-order valence-electron chi connectivity index (χ1n) is 6.09. The lowest BCUT2D eigenvalue weighted by molar-refractivity contribution is -0.101. The third-order valence-electron chi connectivity index (χ3n) is 3.95. The molecule has 0 aromatic heterocycles. The van der Waals surface area contributed by atoms with E-state index < -0.39 is 0 Å². The largest absolute Gasteiger partial charge is 0.396 e. The van der Waals surface area contributed by atoms with Gasteiger partial charge in [0.15, 0.2) is 0 Å². The van der Waals surface area contributed by atoms with Gasteiger partial charge in [0, 0.05) is 16.5 Å². The Bertz CT molecular complexity index is 395. The molecule has 2 nitrogen and oxygen atoms in total. The van der Waals surface area contributed by atoms with E-state index in [-0.39, 0.29) is 17.9 Å². The van der Waals surface area contributed by atoms with E-state index >= 15 is 0 Å². The van der Waals surface area contributed by atoms with Crippen molar-refractivity contribution in [2.45, 2.75) is 25.7 Å². The number of hydrogen-bond acceptors (Lipinski definition) is 2. The summed E-state index contributed by atoms with van der Waals surface area (Å²) in [6.45, 7) is 5.94. The molecule has 1 saturated heterocycles. The molecule has 0 saturated carbocycles. The van der Waals surface area contributed by atoms with Gasteiger partial charge in [-0.05, 0) is 36.1 Å². The summed E-state index contributed by atoms with van der Waals surface area (Å²) in [5, 5.41) is 9.58. The van der Waals surface area contributed by atoms with Gasteiger partial charge in [0.25, 0.3) is 0 Å². The van der Waals surface area contributed by atoms with E-state index in [1.807, 2.05) is 0 Å². The zero-order valence-corrected chi connectivity index (χ0v) is 12.0. The summed E-state index contributed by atoms with van der Waals surface area (Å²) in [6.07, 6.45) is 0.978. The predicted octanol–water partition coefficient (Wildman–Crippen LogP) is 3.04. The van der Waals surface area contributed by atoms with Gasteiger partial charge in [-0.15, -0.1) is 0 Å². The lowest BCUT2D eigenvalue weighted by atomic mass is 9.66. The molecule has 1 aromatic rings. The SMILES string of the molecule is CCC(CO)C1(c2cc(Br)ccc2C)COC1. The maximum Gasteiger partial charge on any atom is 0.0589 e. The van der Waals surface area contributed by atoms with Crippen LogP contribution in [-0.4, -0.2) is 24.9 Å². The van der Waals surface area contributed by atoms with Gasteiger partial charge >= 0.3 is 0 Å². The molecule has 0 amide bonds. The number of benzene rings is 1. The Labute approximate surface area is 111 Å². The van der Waals surface area contributed by atoms with Crippen LogP contribution in [0.25, 0.3) is 0 Å². The average Bonchev–Trinajstić information content (AvgIpc) is 2.27. The van der Waals surface area contributed by atoms with Crippen LogP contribution in [0.5, 0.6) is 0 Å². The Hall–Kier alpha value is -0.380. The lowest BCUT2D eigenvalue weighted by Crippen LogP contribution is -2.53. The summed E-state index contributed by atoms with van der Waals surface area (Å²) in [5.41, 5.74) is 2.61. The Morgan fingerprint density at radius 3 is 2.65 bits per heavy atom. The van der Waals surface area contributed by atoms with Gasteiger partial charge in [-0.25, -0.2) is 0 Å². The van der Waals surface area contributed by atoms with E-state index in [4.69, 9.17) is 4.74 Å². The molecule has 0 spiro atoms. The van der Waals surface area contributed by atoms with Gasteiger partial charge in [-0.3, -0.25) is 0 Å². The molecule has 0 radical (unpaired) electrons. The van der Waals surface area contributed by atoms with Gasteiger partial charge < -0.3 is 9.84 Å². The molecule has 1 aliphatic rings. The standard InChI is InChI=1S/C14H19BrO2/c1-3-11(7-16)14(8-17-9-14)13-6-12(15)5-4-10(13)2/h4-6,11,16H,3,7-9H2,1-2H3. The molecule has 1 aliphatic heterocycles. The fourth-order valence-electron chi connectivity index (χ4n) is 2.76. The fraction of sp³-hybridized carbons (Fsp3) is 0.571. The van der Waals surface area contributed by atoms with Crippen LogP contribution in [0.2, 0.25) is 0 Å². The summed E-state index contributed by atoms with van der Waals surface area (Å²) >= 11 is 3.53. The second kappa shape index (κ2) is 5.09. The molecule has 2 rings (SSSR count). The maximum atomic E-state index is 9.58. The fourth-order valence-corrected chi connectivity index (χ4v) is 3.12. The number of hydrogen-bond donors (Lipinski definition) is 1. The third-order valence-corrected chi connectivity index (χ3v) is 4.44. The summed E-state index contributed by atoms with van der Waals surface area (Å²) in [7, 11) is 0. The Morgan fingerprint density at radius 2 is 2.18 bits per heavy atom. The topological polar surface area (TPSA) is 29.5 Å². The van der Waals surface area contributed by atoms with Crippen LogP contribution in [0.3, 0.4) is 0 Å². The minimum absolute atomic E-state index is 0.0113. The minimum atomic E-state index is 0.0113. The highest BCUT2D eigenvalue weighted by Crippen LogP contribution is 2.43. The molecule has 17 heavy (non-hydrogen) atoms. The molecule has 3 heteroatoms.